The molecule has 1 aromatic heterocycles. The first-order chi connectivity index (χ1) is 9.60. The van der Waals surface area contributed by atoms with Gasteiger partial charge in [0.05, 0.1) is 28.6 Å². The number of carbonyl (C=O) groups is 1. The second kappa shape index (κ2) is 6.63. The molecule has 2 aromatic rings. The second-order valence-corrected chi connectivity index (χ2v) is 5.88. The summed E-state index contributed by atoms with van der Waals surface area (Å²) < 4.78 is 16.7. The van der Waals surface area contributed by atoms with Crippen molar-refractivity contribution in [3.63, 3.8) is 0 Å². The lowest BCUT2D eigenvalue weighted by Gasteiger charge is -2.04. The molecule has 0 amide bonds. The molecule has 0 bridgehead atoms. The van der Waals surface area contributed by atoms with Crippen molar-refractivity contribution in [2.75, 3.05) is 7.11 Å². The average Bonchev–Trinajstić information content (AvgIpc) is 2.46. The van der Waals surface area contributed by atoms with E-state index in [4.69, 9.17) is 11.6 Å². The molecule has 4 nitrogen and oxygen atoms in total. The summed E-state index contributed by atoms with van der Waals surface area (Å²) >= 11 is 5.88. The Kier molecular flexibility index (Phi) is 4.87. The van der Waals surface area contributed by atoms with E-state index in [9.17, 15) is 9.00 Å². The van der Waals surface area contributed by atoms with Gasteiger partial charge in [0.1, 0.15) is 5.69 Å². The maximum atomic E-state index is 12.2. The Morgan fingerprint density at radius 3 is 2.75 bits per heavy atom. The highest BCUT2D eigenvalue weighted by molar-refractivity contribution is 7.84. The average molecular weight is 310 g/mol. The summed E-state index contributed by atoms with van der Waals surface area (Å²) in [6.45, 7) is 0. The first kappa shape index (κ1) is 14.7. The third-order valence-electron chi connectivity index (χ3n) is 2.58. The Morgan fingerprint density at radius 1 is 1.35 bits per heavy atom. The normalized spacial score (nSPS) is 11.9. The van der Waals surface area contributed by atoms with E-state index in [2.05, 4.69) is 9.72 Å². The van der Waals surface area contributed by atoms with Crippen LogP contribution in [0.4, 0.5) is 0 Å². The number of nitrogens with zero attached hydrogens (tertiary/aromatic N) is 1. The molecule has 2 rings (SSSR count). The zero-order chi connectivity index (χ0) is 14.5. The first-order valence-corrected chi connectivity index (χ1v) is 7.47. The lowest BCUT2D eigenvalue weighted by atomic mass is 10.2. The Hall–Kier alpha value is -1.72. The van der Waals surface area contributed by atoms with Gasteiger partial charge in [-0.1, -0.05) is 23.7 Å². The molecular weight excluding hydrogens is 298 g/mol. The number of methoxy groups -OCH3 is 1. The number of ether oxygens (including phenoxy) is 1. The molecule has 0 N–H and O–H groups in total. The summed E-state index contributed by atoms with van der Waals surface area (Å²) in [6, 6.07) is 10.3. The van der Waals surface area contributed by atoms with Crippen molar-refractivity contribution < 1.29 is 13.7 Å². The van der Waals surface area contributed by atoms with Gasteiger partial charge in [-0.2, -0.15) is 0 Å². The molecule has 6 heteroatoms. The molecular formula is C14H12ClNO3S. The van der Waals surface area contributed by atoms with Gasteiger partial charge in [0.15, 0.2) is 0 Å². The summed E-state index contributed by atoms with van der Waals surface area (Å²) in [5.41, 5.74) is 1.07. The maximum absolute atomic E-state index is 12.2. The lowest BCUT2D eigenvalue weighted by molar-refractivity contribution is 0.0594. The highest BCUT2D eigenvalue weighted by Gasteiger charge is 2.10. The zero-order valence-electron chi connectivity index (χ0n) is 10.7. The van der Waals surface area contributed by atoms with E-state index < -0.39 is 16.8 Å². The fourth-order valence-corrected chi connectivity index (χ4v) is 2.85. The summed E-state index contributed by atoms with van der Waals surface area (Å²) in [7, 11) is 0.0476. The Balaban J connectivity index is 2.11. The predicted octanol–water partition coefficient (Wildman–Crippen LogP) is 2.83. The molecule has 0 aliphatic carbocycles. The van der Waals surface area contributed by atoms with Crippen LogP contribution < -0.4 is 0 Å². The van der Waals surface area contributed by atoms with Gasteiger partial charge in [-0.3, -0.25) is 4.21 Å². The van der Waals surface area contributed by atoms with Crippen LogP contribution in [-0.2, 0) is 21.3 Å². The number of carbonyl (C=O) groups excluding carboxylic acids is 1. The molecule has 1 heterocycles. The van der Waals surface area contributed by atoms with Crippen LogP contribution in [0.2, 0.25) is 5.02 Å². The molecule has 0 fully saturated rings. The summed E-state index contributed by atoms with van der Waals surface area (Å²) in [4.78, 5) is 15.7. The molecule has 0 aliphatic rings. The van der Waals surface area contributed by atoms with Crippen molar-refractivity contribution in [3.05, 3.63) is 58.9 Å². The SMILES string of the molecule is COC(=O)c1ccc(S(=O)Cc2cccc(Cl)c2)cn1. The topological polar surface area (TPSA) is 56.3 Å². The van der Waals surface area contributed by atoms with Gasteiger partial charge in [-0.25, -0.2) is 9.78 Å². The lowest BCUT2D eigenvalue weighted by Crippen LogP contribution is -2.05. The minimum absolute atomic E-state index is 0.191. The molecule has 104 valence electrons. The van der Waals surface area contributed by atoms with Crippen molar-refractivity contribution in [1.82, 2.24) is 4.98 Å². The Bertz CT molecular complexity index is 643. The third-order valence-corrected chi connectivity index (χ3v) is 4.18. The summed E-state index contributed by atoms with van der Waals surface area (Å²) in [5.74, 6) is -0.169. The number of hydrogen-bond acceptors (Lipinski definition) is 4. The van der Waals surface area contributed by atoms with Crippen LogP contribution in [-0.4, -0.2) is 22.3 Å². The van der Waals surface area contributed by atoms with Crippen molar-refractivity contribution >= 4 is 28.4 Å². The van der Waals surface area contributed by atoms with Crippen molar-refractivity contribution in [2.45, 2.75) is 10.6 Å². The molecule has 0 aliphatic heterocycles. The fourth-order valence-electron chi connectivity index (χ4n) is 1.60. The van der Waals surface area contributed by atoms with Gasteiger partial charge in [0.25, 0.3) is 0 Å². The van der Waals surface area contributed by atoms with E-state index in [1.807, 2.05) is 12.1 Å². The second-order valence-electron chi connectivity index (χ2n) is 3.99. The van der Waals surface area contributed by atoms with Gasteiger partial charge in [0.2, 0.25) is 0 Å². The number of pyridine rings is 1. The van der Waals surface area contributed by atoms with Crippen LogP contribution in [0.5, 0.6) is 0 Å². The highest BCUT2D eigenvalue weighted by atomic mass is 35.5. The van der Waals surface area contributed by atoms with E-state index in [-0.39, 0.29) is 5.69 Å². The van der Waals surface area contributed by atoms with Crippen LogP contribution in [0.25, 0.3) is 0 Å². The Morgan fingerprint density at radius 2 is 2.15 bits per heavy atom. The van der Waals surface area contributed by atoms with Crippen molar-refractivity contribution in [1.29, 1.82) is 0 Å². The van der Waals surface area contributed by atoms with Crippen LogP contribution in [0, 0.1) is 0 Å². The molecule has 0 radical (unpaired) electrons. The summed E-state index contributed by atoms with van der Waals surface area (Å²) in [6.07, 6.45) is 1.42. The number of benzene rings is 1. The minimum Gasteiger partial charge on any atom is -0.464 e. The quantitative estimate of drug-likeness (QED) is 0.815. The van der Waals surface area contributed by atoms with Gasteiger partial charge >= 0.3 is 5.97 Å². The standard InChI is InChI=1S/C14H12ClNO3S/c1-19-14(17)13-6-5-12(8-16-13)20(18)9-10-3-2-4-11(15)7-10/h2-8H,9H2,1H3. The predicted molar refractivity (Wildman–Crippen MR) is 77.1 cm³/mol. The minimum atomic E-state index is -1.24. The maximum Gasteiger partial charge on any atom is 0.356 e. The van der Waals surface area contributed by atoms with E-state index in [0.717, 1.165) is 5.56 Å². The van der Waals surface area contributed by atoms with Gasteiger partial charge in [-0.05, 0) is 29.8 Å². The first-order valence-electron chi connectivity index (χ1n) is 5.77. The molecule has 0 saturated heterocycles. The van der Waals surface area contributed by atoms with Gasteiger partial charge < -0.3 is 4.74 Å². The number of halogens is 1. The number of rotatable bonds is 4. The molecule has 1 unspecified atom stereocenters. The van der Waals surface area contributed by atoms with Crippen molar-refractivity contribution in [2.24, 2.45) is 0 Å². The molecule has 20 heavy (non-hydrogen) atoms. The monoisotopic (exact) mass is 309 g/mol. The van der Waals surface area contributed by atoms with Gasteiger partial charge in [-0.15, -0.1) is 0 Å². The zero-order valence-corrected chi connectivity index (χ0v) is 12.3. The number of esters is 1. The smallest absolute Gasteiger partial charge is 0.356 e. The van der Waals surface area contributed by atoms with E-state index >= 15 is 0 Å². The number of hydrogen-bond donors (Lipinski definition) is 0. The van der Waals surface area contributed by atoms with E-state index in [1.54, 1.807) is 18.2 Å². The van der Waals surface area contributed by atoms with Crippen LogP contribution in [0.15, 0.2) is 47.5 Å². The number of aromatic nitrogens is 1. The molecule has 1 aromatic carbocycles. The van der Waals surface area contributed by atoms with E-state index in [0.29, 0.717) is 15.7 Å². The largest absolute Gasteiger partial charge is 0.464 e. The highest BCUT2D eigenvalue weighted by Crippen LogP contribution is 2.16. The van der Waals surface area contributed by atoms with Crippen molar-refractivity contribution in [3.8, 4) is 0 Å². The van der Waals surface area contributed by atoms with Crippen LogP contribution in [0.1, 0.15) is 16.1 Å². The van der Waals surface area contributed by atoms with Gasteiger partial charge in [0, 0.05) is 11.2 Å². The van der Waals surface area contributed by atoms with Crippen LogP contribution in [0.3, 0.4) is 0 Å². The van der Waals surface area contributed by atoms with E-state index in [1.165, 1.54) is 19.4 Å². The third kappa shape index (κ3) is 3.65. The van der Waals surface area contributed by atoms with Crippen LogP contribution >= 0.6 is 11.6 Å². The summed E-state index contributed by atoms with van der Waals surface area (Å²) in [5, 5.41) is 0.610. The molecule has 1 atom stereocenters. The molecule has 0 saturated carbocycles. The fraction of sp³-hybridized carbons (Fsp3) is 0.143. The molecule has 0 spiro atoms. The Labute approximate surface area is 124 Å².